The second-order valence-electron chi connectivity index (χ2n) is 5.79. The summed E-state index contributed by atoms with van der Waals surface area (Å²) in [7, 11) is 0. The van der Waals surface area contributed by atoms with Gasteiger partial charge in [-0.15, -0.1) is 0 Å². The number of carboxylic acid groups (broad SMARTS) is 1. The monoisotopic (exact) mass is 367 g/mol. The van der Waals surface area contributed by atoms with Gasteiger partial charge in [0, 0.05) is 25.0 Å². The van der Waals surface area contributed by atoms with Crippen LogP contribution in [0.1, 0.15) is 18.4 Å². The summed E-state index contributed by atoms with van der Waals surface area (Å²) in [5.41, 5.74) is -0.716. The number of aliphatic carboxylic acids is 1. The molecule has 1 fully saturated rings. The maximum atomic E-state index is 12.5. The van der Waals surface area contributed by atoms with Crippen LogP contribution in [0.4, 0.5) is 18.9 Å². The average Bonchev–Trinajstić information content (AvgIpc) is 2.61. The first-order chi connectivity index (χ1) is 12.2. The van der Waals surface area contributed by atoms with Crippen LogP contribution >= 0.6 is 0 Å². The molecule has 9 heteroatoms. The highest BCUT2D eigenvalue weighted by Crippen LogP contribution is 2.29. The summed E-state index contributed by atoms with van der Waals surface area (Å²) in [6.07, 6.45) is -2.68. The van der Waals surface area contributed by atoms with Crippen LogP contribution < -0.4 is 5.32 Å². The fourth-order valence-electron chi connectivity index (χ4n) is 2.55. The van der Waals surface area contributed by atoms with E-state index in [-0.39, 0.29) is 18.7 Å². The number of carboxylic acids is 1. The SMILES string of the molecule is N#C/C(=C/Nc1ccc(C(F)(F)F)cc1)C(=O)N1CCC(C(=O)O)CC1. The molecule has 0 aromatic heterocycles. The fourth-order valence-corrected chi connectivity index (χ4v) is 2.55. The molecule has 1 heterocycles. The van der Waals surface area contributed by atoms with E-state index < -0.39 is 29.5 Å². The summed E-state index contributed by atoms with van der Waals surface area (Å²) in [4.78, 5) is 24.6. The number of nitrogens with zero attached hydrogens (tertiary/aromatic N) is 2. The molecule has 1 saturated heterocycles. The minimum Gasteiger partial charge on any atom is -0.481 e. The number of benzene rings is 1. The highest BCUT2D eigenvalue weighted by Gasteiger charge is 2.30. The number of carbonyl (C=O) groups is 2. The standard InChI is InChI=1S/C17H16F3N3O3/c18-17(19,20)13-1-3-14(4-2-13)22-10-12(9-21)15(24)23-7-5-11(6-8-23)16(25)26/h1-4,10-11,22H,5-8H2,(H,25,26)/b12-10-. The lowest BCUT2D eigenvalue weighted by Gasteiger charge is -2.29. The maximum Gasteiger partial charge on any atom is 0.416 e. The van der Waals surface area contributed by atoms with Crippen LogP contribution in [-0.4, -0.2) is 35.0 Å². The Labute approximate surface area is 147 Å². The molecule has 0 atom stereocenters. The third-order valence-electron chi connectivity index (χ3n) is 4.08. The first kappa shape index (κ1) is 19.3. The van der Waals surface area contributed by atoms with Crippen molar-refractivity contribution in [2.75, 3.05) is 18.4 Å². The van der Waals surface area contributed by atoms with Crippen molar-refractivity contribution in [3.63, 3.8) is 0 Å². The highest BCUT2D eigenvalue weighted by atomic mass is 19.4. The van der Waals surface area contributed by atoms with E-state index in [2.05, 4.69) is 5.32 Å². The Bertz CT molecular complexity index is 743. The average molecular weight is 367 g/mol. The molecule has 1 amide bonds. The Hall–Kier alpha value is -3.02. The molecule has 26 heavy (non-hydrogen) atoms. The zero-order chi connectivity index (χ0) is 19.3. The number of piperidine rings is 1. The van der Waals surface area contributed by atoms with Gasteiger partial charge in [-0.25, -0.2) is 0 Å². The van der Waals surface area contributed by atoms with Gasteiger partial charge in [-0.3, -0.25) is 9.59 Å². The molecule has 2 N–H and O–H groups in total. The Kier molecular flexibility index (Phi) is 5.87. The zero-order valence-electron chi connectivity index (χ0n) is 13.6. The van der Waals surface area contributed by atoms with Crippen molar-refractivity contribution in [2.24, 2.45) is 5.92 Å². The van der Waals surface area contributed by atoms with E-state index in [0.29, 0.717) is 18.5 Å². The third kappa shape index (κ3) is 4.75. The number of nitriles is 1. The molecule has 6 nitrogen and oxygen atoms in total. The van der Waals surface area contributed by atoms with Crippen molar-refractivity contribution < 1.29 is 27.9 Å². The molecular formula is C17H16F3N3O3. The van der Waals surface area contributed by atoms with Gasteiger partial charge in [0.2, 0.25) is 0 Å². The Morgan fingerprint density at radius 3 is 2.27 bits per heavy atom. The fraction of sp³-hybridized carbons (Fsp3) is 0.353. The predicted octanol–water partition coefficient (Wildman–Crippen LogP) is 2.85. The van der Waals surface area contributed by atoms with Crippen molar-refractivity contribution in [3.8, 4) is 6.07 Å². The lowest BCUT2D eigenvalue weighted by atomic mass is 9.97. The van der Waals surface area contributed by atoms with E-state index in [0.717, 1.165) is 18.3 Å². The number of hydrogen-bond donors (Lipinski definition) is 2. The van der Waals surface area contributed by atoms with E-state index in [1.807, 2.05) is 0 Å². The molecule has 2 rings (SSSR count). The van der Waals surface area contributed by atoms with Crippen LogP contribution in [0.5, 0.6) is 0 Å². The number of hydrogen-bond acceptors (Lipinski definition) is 4. The van der Waals surface area contributed by atoms with Crippen LogP contribution in [0.25, 0.3) is 0 Å². The Morgan fingerprint density at radius 2 is 1.81 bits per heavy atom. The van der Waals surface area contributed by atoms with Crippen LogP contribution in [0, 0.1) is 17.2 Å². The maximum absolute atomic E-state index is 12.5. The van der Waals surface area contributed by atoms with Crippen LogP contribution in [-0.2, 0) is 15.8 Å². The zero-order valence-corrected chi connectivity index (χ0v) is 13.6. The number of rotatable bonds is 4. The van der Waals surface area contributed by atoms with Gasteiger partial charge >= 0.3 is 12.1 Å². The van der Waals surface area contributed by atoms with Crippen molar-refractivity contribution >= 4 is 17.6 Å². The molecule has 1 aliphatic heterocycles. The van der Waals surface area contributed by atoms with E-state index in [9.17, 15) is 22.8 Å². The van der Waals surface area contributed by atoms with E-state index in [1.54, 1.807) is 6.07 Å². The topological polar surface area (TPSA) is 93.4 Å². The first-order valence-electron chi connectivity index (χ1n) is 7.78. The Morgan fingerprint density at radius 1 is 1.23 bits per heavy atom. The molecule has 1 aromatic carbocycles. The van der Waals surface area contributed by atoms with E-state index >= 15 is 0 Å². The van der Waals surface area contributed by atoms with Gasteiger partial charge in [-0.2, -0.15) is 18.4 Å². The van der Waals surface area contributed by atoms with Crippen LogP contribution in [0.2, 0.25) is 0 Å². The molecule has 1 aliphatic rings. The molecule has 1 aromatic rings. The number of carbonyl (C=O) groups excluding carboxylic acids is 1. The lowest BCUT2D eigenvalue weighted by molar-refractivity contribution is -0.145. The van der Waals surface area contributed by atoms with Crippen molar-refractivity contribution in [2.45, 2.75) is 19.0 Å². The summed E-state index contributed by atoms with van der Waals surface area (Å²) in [6, 6.07) is 5.91. The normalized spacial score (nSPS) is 16.1. The summed E-state index contributed by atoms with van der Waals surface area (Å²) in [5.74, 6) is -1.95. The number of amides is 1. The van der Waals surface area contributed by atoms with Gasteiger partial charge in [-0.1, -0.05) is 0 Å². The number of likely N-dealkylation sites (tertiary alicyclic amines) is 1. The van der Waals surface area contributed by atoms with E-state index in [4.69, 9.17) is 10.4 Å². The molecular weight excluding hydrogens is 351 g/mol. The minimum absolute atomic E-state index is 0.210. The van der Waals surface area contributed by atoms with Crippen LogP contribution in [0.3, 0.4) is 0 Å². The van der Waals surface area contributed by atoms with Gasteiger partial charge in [-0.05, 0) is 37.1 Å². The van der Waals surface area contributed by atoms with Crippen molar-refractivity contribution in [3.05, 3.63) is 41.6 Å². The molecule has 0 spiro atoms. The predicted molar refractivity (Wildman–Crippen MR) is 85.7 cm³/mol. The summed E-state index contributed by atoms with van der Waals surface area (Å²) in [5, 5.41) is 20.7. The van der Waals surface area contributed by atoms with Gasteiger partial charge in [0.15, 0.2) is 0 Å². The molecule has 0 aliphatic carbocycles. The molecule has 0 saturated carbocycles. The quantitative estimate of drug-likeness (QED) is 0.631. The molecule has 0 radical (unpaired) electrons. The van der Waals surface area contributed by atoms with Gasteiger partial charge in [0.1, 0.15) is 11.6 Å². The Balaban J connectivity index is 2.00. The second-order valence-corrected chi connectivity index (χ2v) is 5.79. The summed E-state index contributed by atoms with van der Waals surface area (Å²) in [6.45, 7) is 0.462. The third-order valence-corrected chi connectivity index (χ3v) is 4.08. The molecule has 0 unspecified atom stereocenters. The number of alkyl halides is 3. The second kappa shape index (κ2) is 7.91. The number of nitrogens with one attached hydrogen (secondary N) is 1. The minimum atomic E-state index is -4.44. The first-order valence-corrected chi connectivity index (χ1v) is 7.78. The summed E-state index contributed by atoms with van der Waals surface area (Å²) < 4.78 is 37.5. The van der Waals surface area contributed by atoms with Gasteiger partial charge in [0.05, 0.1) is 11.5 Å². The number of anilines is 1. The van der Waals surface area contributed by atoms with Gasteiger partial charge in [0.25, 0.3) is 5.91 Å². The largest absolute Gasteiger partial charge is 0.481 e. The molecule has 0 bridgehead atoms. The van der Waals surface area contributed by atoms with Crippen LogP contribution in [0.15, 0.2) is 36.0 Å². The highest BCUT2D eigenvalue weighted by molar-refractivity contribution is 5.97. The van der Waals surface area contributed by atoms with Gasteiger partial charge < -0.3 is 15.3 Å². The lowest BCUT2D eigenvalue weighted by Crippen LogP contribution is -2.40. The van der Waals surface area contributed by atoms with Crippen molar-refractivity contribution in [1.82, 2.24) is 4.90 Å². The molecule has 138 valence electrons. The smallest absolute Gasteiger partial charge is 0.416 e. The number of halogens is 3. The summed E-state index contributed by atoms with van der Waals surface area (Å²) >= 11 is 0. The van der Waals surface area contributed by atoms with E-state index in [1.165, 1.54) is 17.0 Å². The van der Waals surface area contributed by atoms with Crippen molar-refractivity contribution in [1.29, 1.82) is 5.26 Å².